The third-order valence-corrected chi connectivity index (χ3v) is 4.19. The molecule has 1 heterocycles. The number of hydrogen-bond donors (Lipinski definition) is 3. The Bertz CT molecular complexity index is 454. The van der Waals surface area contributed by atoms with Crippen LogP contribution in [-0.4, -0.2) is 38.0 Å². The van der Waals surface area contributed by atoms with Gasteiger partial charge in [-0.05, 0) is 18.4 Å². The van der Waals surface area contributed by atoms with Crippen molar-refractivity contribution in [1.82, 2.24) is 16.0 Å². The zero-order valence-corrected chi connectivity index (χ0v) is 14.1. The highest BCUT2D eigenvalue weighted by Crippen LogP contribution is 2.27. The maximum absolute atomic E-state index is 10.8. The van der Waals surface area contributed by atoms with Crippen molar-refractivity contribution in [3.05, 3.63) is 22.4 Å². The fourth-order valence-electron chi connectivity index (χ4n) is 1.78. The number of hydrogen-bond acceptors (Lipinski definition) is 3. The summed E-state index contributed by atoms with van der Waals surface area (Å²) in [7, 11) is 0. The fourth-order valence-corrected chi connectivity index (χ4v) is 2.62. The van der Waals surface area contributed by atoms with E-state index in [9.17, 15) is 4.79 Å². The highest BCUT2D eigenvalue weighted by molar-refractivity contribution is 7.10. The van der Waals surface area contributed by atoms with Crippen LogP contribution in [0.5, 0.6) is 0 Å². The van der Waals surface area contributed by atoms with Gasteiger partial charge in [0.15, 0.2) is 5.96 Å². The highest BCUT2D eigenvalue weighted by Gasteiger charge is 2.21. The Morgan fingerprint density at radius 3 is 2.57 bits per heavy atom. The third-order valence-electron chi connectivity index (χ3n) is 2.96. The summed E-state index contributed by atoms with van der Waals surface area (Å²) in [6.45, 7) is 10.7. The van der Waals surface area contributed by atoms with Crippen molar-refractivity contribution in [2.45, 2.75) is 33.1 Å². The number of rotatable bonds is 7. The van der Waals surface area contributed by atoms with Crippen molar-refractivity contribution >= 4 is 23.2 Å². The van der Waals surface area contributed by atoms with Crippen LogP contribution < -0.4 is 16.0 Å². The van der Waals surface area contributed by atoms with Crippen molar-refractivity contribution in [3.63, 3.8) is 0 Å². The first-order valence-corrected chi connectivity index (χ1v) is 8.14. The molecule has 0 atom stereocenters. The number of thiophene rings is 1. The molecule has 1 aromatic rings. The molecule has 0 aliphatic carbocycles. The molecule has 1 amide bonds. The summed E-state index contributed by atoms with van der Waals surface area (Å²) in [6.07, 6.45) is 0. The van der Waals surface area contributed by atoms with Crippen molar-refractivity contribution in [2.75, 3.05) is 26.2 Å². The minimum atomic E-state index is -0.0161. The van der Waals surface area contributed by atoms with Gasteiger partial charge in [0.1, 0.15) is 0 Å². The largest absolute Gasteiger partial charge is 0.357 e. The number of aliphatic imine (C=N–C) groups is 1. The molecule has 5 nitrogen and oxygen atoms in total. The Morgan fingerprint density at radius 2 is 2.00 bits per heavy atom. The van der Waals surface area contributed by atoms with Gasteiger partial charge in [-0.1, -0.05) is 19.9 Å². The van der Waals surface area contributed by atoms with E-state index in [-0.39, 0.29) is 11.3 Å². The van der Waals surface area contributed by atoms with Crippen LogP contribution in [0, 0.1) is 0 Å². The van der Waals surface area contributed by atoms with Crippen LogP contribution in [0.25, 0.3) is 0 Å². The number of nitrogens with one attached hydrogen (secondary N) is 3. The standard InChI is InChI=1S/C15H26N4OS/c1-5-16-14(18-9-8-17-12(2)20)19-11-15(3,4)13-7-6-10-21-13/h6-7,10H,5,8-9,11H2,1-4H3,(H,17,20)(H2,16,18,19). The van der Waals surface area contributed by atoms with E-state index in [2.05, 4.69) is 52.3 Å². The molecule has 0 aliphatic rings. The van der Waals surface area contributed by atoms with E-state index in [4.69, 9.17) is 0 Å². The van der Waals surface area contributed by atoms with Crippen LogP contribution in [0.3, 0.4) is 0 Å². The van der Waals surface area contributed by atoms with Gasteiger partial charge in [-0.25, -0.2) is 0 Å². The average Bonchev–Trinajstić information content (AvgIpc) is 2.95. The van der Waals surface area contributed by atoms with Gasteiger partial charge >= 0.3 is 0 Å². The molecule has 0 aromatic carbocycles. The minimum Gasteiger partial charge on any atom is -0.357 e. The molecule has 118 valence electrons. The molecule has 3 N–H and O–H groups in total. The molecule has 0 fully saturated rings. The third kappa shape index (κ3) is 6.62. The molecule has 0 bridgehead atoms. The van der Waals surface area contributed by atoms with Gasteiger partial charge in [0.05, 0.1) is 6.54 Å². The summed E-state index contributed by atoms with van der Waals surface area (Å²) in [4.78, 5) is 16.8. The average molecular weight is 310 g/mol. The summed E-state index contributed by atoms with van der Waals surface area (Å²) >= 11 is 1.76. The predicted octanol–water partition coefficient (Wildman–Crippen LogP) is 1.72. The topological polar surface area (TPSA) is 65.5 Å². The van der Waals surface area contributed by atoms with E-state index >= 15 is 0 Å². The molecule has 0 unspecified atom stereocenters. The van der Waals surface area contributed by atoms with Gasteiger partial charge in [-0.3, -0.25) is 9.79 Å². The van der Waals surface area contributed by atoms with Crippen molar-refractivity contribution in [3.8, 4) is 0 Å². The molecular formula is C15H26N4OS. The first-order chi connectivity index (χ1) is 9.95. The molecule has 6 heteroatoms. The quantitative estimate of drug-likeness (QED) is 0.408. The molecular weight excluding hydrogens is 284 g/mol. The molecule has 0 aliphatic heterocycles. The maximum Gasteiger partial charge on any atom is 0.216 e. The van der Waals surface area contributed by atoms with E-state index in [1.807, 2.05) is 6.92 Å². The molecule has 0 radical (unpaired) electrons. The zero-order chi connectivity index (χ0) is 15.7. The second-order valence-electron chi connectivity index (χ2n) is 5.47. The highest BCUT2D eigenvalue weighted by atomic mass is 32.1. The lowest BCUT2D eigenvalue weighted by atomic mass is 9.92. The lowest BCUT2D eigenvalue weighted by molar-refractivity contribution is -0.118. The number of carbonyl (C=O) groups is 1. The molecule has 21 heavy (non-hydrogen) atoms. The van der Waals surface area contributed by atoms with Crippen molar-refractivity contribution in [1.29, 1.82) is 0 Å². The van der Waals surface area contributed by atoms with Crippen LogP contribution in [0.2, 0.25) is 0 Å². The van der Waals surface area contributed by atoms with Crippen LogP contribution in [0.1, 0.15) is 32.6 Å². The summed E-state index contributed by atoms with van der Waals surface area (Å²) < 4.78 is 0. The van der Waals surface area contributed by atoms with E-state index in [1.54, 1.807) is 11.3 Å². The van der Waals surface area contributed by atoms with E-state index < -0.39 is 0 Å². The SMILES string of the molecule is CCNC(=NCC(C)(C)c1cccs1)NCCNC(C)=O. The van der Waals surface area contributed by atoms with E-state index in [0.29, 0.717) is 19.6 Å². The van der Waals surface area contributed by atoms with Crippen LogP contribution >= 0.6 is 11.3 Å². The minimum absolute atomic E-state index is 0.0161. The Morgan fingerprint density at radius 1 is 1.29 bits per heavy atom. The monoisotopic (exact) mass is 310 g/mol. The van der Waals surface area contributed by atoms with Gasteiger partial charge < -0.3 is 16.0 Å². The Kier molecular flexibility index (Phi) is 7.22. The number of guanidine groups is 1. The summed E-state index contributed by atoms with van der Waals surface area (Å²) in [5, 5.41) is 11.3. The molecule has 1 aromatic heterocycles. The smallest absolute Gasteiger partial charge is 0.216 e. The maximum atomic E-state index is 10.8. The van der Waals surface area contributed by atoms with Gasteiger partial charge in [-0.15, -0.1) is 11.3 Å². The van der Waals surface area contributed by atoms with Gasteiger partial charge in [0, 0.05) is 36.9 Å². The Hall–Kier alpha value is -1.56. The first-order valence-electron chi connectivity index (χ1n) is 7.26. The fraction of sp³-hybridized carbons (Fsp3) is 0.600. The van der Waals surface area contributed by atoms with Crippen LogP contribution in [0.4, 0.5) is 0 Å². The first kappa shape index (κ1) is 17.5. The number of nitrogens with zero attached hydrogens (tertiary/aromatic N) is 1. The number of amides is 1. The summed E-state index contributed by atoms with van der Waals surface area (Å²) in [6, 6.07) is 4.22. The van der Waals surface area contributed by atoms with Gasteiger partial charge in [-0.2, -0.15) is 0 Å². The normalized spacial score (nSPS) is 12.1. The molecule has 0 saturated carbocycles. The summed E-state index contributed by atoms with van der Waals surface area (Å²) in [5.74, 6) is 0.769. The van der Waals surface area contributed by atoms with Gasteiger partial charge in [0.25, 0.3) is 0 Å². The lowest BCUT2D eigenvalue weighted by Crippen LogP contribution is -2.42. The molecule has 1 rings (SSSR count). The van der Waals surface area contributed by atoms with Crippen molar-refractivity contribution in [2.24, 2.45) is 4.99 Å². The van der Waals surface area contributed by atoms with Gasteiger partial charge in [0.2, 0.25) is 5.91 Å². The second kappa shape index (κ2) is 8.67. The Labute approximate surface area is 131 Å². The molecule has 0 spiro atoms. The van der Waals surface area contributed by atoms with Crippen LogP contribution in [0.15, 0.2) is 22.5 Å². The van der Waals surface area contributed by atoms with Crippen LogP contribution in [-0.2, 0) is 10.2 Å². The molecule has 0 saturated heterocycles. The lowest BCUT2D eigenvalue weighted by Gasteiger charge is -2.21. The summed E-state index contributed by atoms with van der Waals surface area (Å²) in [5.41, 5.74) is 0.0220. The zero-order valence-electron chi connectivity index (χ0n) is 13.3. The van der Waals surface area contributed by atoms with E-state index in [0.717, 1.165) is 12.5 Å². The number of carbonyl (C=O) groups excluding carboxylic acids is 1. The predicted molar refractivity (Wildman–Crippen MR) is 90.0 cm³/mol. The van der Waals surface area contributed by atoms with Crippen molar-refractivity contribution < 1.29 is 4.79 Å². The van der Waals surface area contributed by atoms with E-state index in [1.165, 1.54) is 11.8 Å². The second-order valence-corrected chi connectivity index (χ2v) is 6.41. The Balaban J connectivity index is 2.52.